The van der Waals surface area contributed by atoms with Crippen LogP contribution in [0.3, 0.4) is 0 Å². The van der Waals surface area contributed by atoms with Gasteiger partial charge in [-0.15, -0.1) is 16.4 Å². The average Bonchev–Trinajstić information content (AvgIpc) is 2.87. The van der Waals surface area contributed by atoms with Gasteiger partial charge in [0.15, 0.2) is 0 Å². The topological polar surface area (TPSA) is 56.7 Å². The molecule has 14 heavy (non-hydrogen) atoms. The van der Waals surface area contributed by atoms with Gasteiger partial charge in [0.1, 0.15) is 0 Å². The molecule has 0 amide bonds. The molecule has 2 heterocycles. The molecule has 0 aliphatic heterocycles. The number of rotatable bonds is 3. The van der Waals surface area contributed by atoms with E-state index in [0.29, 0.717) is 0 Å². The van der Waals surface area contributed by atoms with E-state index in [1.165, 1.54) is 0 Å². The molecule has 0 saturated heterocycles. The minimum Gasteiger partial charge on any atom is -0.318 e. The van der Waals surface area contributed by atoms with Crippen LogP contribution in [-0.2, 0) is 6.54 Å². The van der Waals surface area contributed by atoms with Gasteiger partial charge in [-0.25, -0.2) is 4.68 Å². The van der Waals surface area contributed by atoms with E-state index < -0.39 is 0 Å². The molecule has 2 rings (SSSR count). The Hall–Kier alpha value is -1.20. The number of aryl methyl sites for hydroxylation is 1. The molecule has 0 fully saturated rings. The van der Waals surface area contributed by atoms with Gasteiger partial charge in [0, 0.05) is 11.4 Å². The average molecular weight is 208 g/mol. The van der Waals surface area contributed by atoms with Crippen molar-refractivity contribution in [2.75, 3.05) is 0 Å². The van der Waals surface area contributed by atoms with Crippen molar-refractivity contribution in [3.63, 3.8) is 0 Å². The molecule has 2 N–H and O–H groups in total. The van der Waals surface area contributed by atoms with Crippen LogP contribution >= 0.6 is 11.3 Å². The quantitative estimate of drug-likeness (QED) is 0.829. The monoisotopic (exact) mass is 208 g/mol. The third-order valence-corrected chi connectivity index (χ3v) is 3.07. The van der Waals surface area contributed by atoms with E-state index in [4.69, 9.17) is 5.73 Å². The summed E-state index contributed by atoms with van der Waals surface area (Å²) in [7, 11) is 0. The minimum atomic E-state index is -0.107. The van der Waals surface area contributed by atoms with Crippen molar-refractivity contribution < 1.29 is 0 Å². The highest BCUT2D eigenvalue weighted by Crippen LogP contribution is 2.22. The minimum absolute atomic E-state index is 0.107. The van der Waals surface area contributed by atoms with Crippen LogP contribution in [0.5, 0.6) is 0 Å². The first kappa shape index (κ1) is 9.36. The lowest BCUT2D eigenvalue weighted by Gasteiger charge is -2.09. The molecule has 0 saturated carbocycles. The van der Waals surface area contributed by atoms with Gasteiger partial charge in [-0.05, 0) is 18.4 Å². The molecule has 0 aliphatic carbocycles. The first-order valence-corrected chi connectivity index (χ1v) is 5.38. The summed E-state index contributed by atoms with van der Waals surface area (Å²) in [5.41, 5.74) is 7.06. The second-order valence-corrected chi connectivity index (χ2v) is 3.95. The summed E-state index contributed by atoms with van der Waals surface area (Å²) in [5, 5.41) is 9.84. The fraction of sp³-hybridized carbons (Fsp3) is 0.333. The van der Waals surface area contributed by atoms with Gasteiger partial charge in [0.2, 0.25) is 0 Å². The van der Waals surface area contributed by atoms with Crippen LogP contribution in [0.1, 0.15) is 23.5 Å². The summed E-state index contributed by atoms with van der Waals surface area (Å²) in [4.78, 5) is 1.14. The normalized spacial score (nSPS) is 13.0. The van der Waals surface area contributed by atoms with Crippen molar-refractivity contribution >= 4 is 11.3 Å². The number of hydrogen-bond donors (Lipinski definition) is 1. The Labute approximate surface area is 86.4 Å². The van der Waals surface area contributed by atoms with Crippen molar-refractivity contribution in [3.8, 4) is 0 Å². The Morgan fingerprint density at radius 2 is 2.50 bits per heavy atom. The molecule has 4 nitrogen and oxygen atoms in total. The highest BCUT2D eigenvalue weighted by molar-refractivity contribution is 7.10. The number of aromatic nitrogens is 3. The SMILES string of the molecule is CCn1nncc1C(N)c1cccs1. The van der Waals surface area contributed by atoms with Crippen molar-refractivity contribution in [1.29, 1.82) is 0 Å². The maximum atomic E-state index is 6.09. The van der Waals surface area contributed by atoms with Gasteiger partial charge < -0.3 is 5.73 Å². The van der Waals surface area contributed by atoms with Gasteiger partial charge in [0.05, 0.1) is 17.9 Å². The number of nitrogens with zero attached hydrogens (tertiary/aromatic N) is 3. The summed E-state index contributed by atoms with van der Waals surface area (Å²) in [5.74, 6) is 0. The molecule has 1 atom stereocenters. The second-order valence-electron chi connectivity index (χ2n) is 2.97. The molecule has 1 unspecified atom stereocenters. The number of thiophene rings is 1. The highest BCUT2D eigenvalue weighted by Gasteiger charge is 2.14. The van der Waals surface area contributed by atoms with Gasteiger partial charge in [-0.3, -0.25) is 0 Å². The Kier molecular flexibility index (Phi) is 2.60. The van der Waals surface area contributed by atoms with Crippen LogP contribution in [0.2, 0.25) is 0 Å². The van der Waals surface area contributed by atoms with Crippen LogP contribution in [0.4, 0.5) is 0 Å². The van der Waals surface area contributed by atoms with E-state index in [1.54, 1.807) is 17.5 Å². The Balaban J connectivity index is 2.31. The lowest BCUT2D eigenvalue weighted by atomic mass is 10.2. The first-order valence-electron chi connectivity index (χ1n) is 4.50. The third kappa shape index (κ3) is 1.56. The zero-order valence-electron chi connectivity index (χ0n) is 7.92. The summed E-state index contributed by atoms with van der Waals surface area (Å²) in [6.45, 7) is 2.83. The van der Waals surface area contributed by atoms with Crippen molar-refractivity contribution in [1.82, 2.24) is 15.0 Å². The first-order chi connectivity index (χ1) is 6.83. The zero-order valence-corrected chi connectivity index (χ0v) is 8.74. The van der Waals surface area contributed by atoms with E-state index in [2.05, 4.69) is 10.3 Å². The van der Waals surface area contributed by atoms with E-state index in [-0.39, 0.29) is 6.04 Å². The molecule has 0 aromatic carbocycles. The molecule has 0 aliphatic rings. The molecule has 0 bridgehead atoms. The standard InChI is InChI=1S/C9H12N4S/c1-2-13-7(6-11-12-13)9(10)8-4-3-5-14-8/h3-6,9H,2,10H2,1H3. The predicted octanol–water partition coefficient (Wildman–Crippen LogP) is 1.41. The molecule has 2 aromatic rings. The van der Waals surface area contributed by atoms with Crippen molar-refractivity contribution in [2.45, 2.75) is 19.5 Å². The van der Waals surface area contributed by atoms with Gasteiger partial charge in [0.25, 0.3) is 0 Å². The second kappa shape index (κ2) is 3.89. The fourth-order valence-electron chi connectivity index (χ4n) is 1.37. The Bertz CT molecular complexity index is 393. The Morgan fingerprint density at radius 1 is 1.64 bits per heavy atom. The number of hydrogen-bond acceptors (Lipinski definition) is 4. The van der Waals surface area contributed by atoms with Gasteiger partial charge in [-0.1, -0.05) is 11.3 Å². The van der Waals surface area contributed by atoms with Crippen LogP contribution in [0.25, 0.3) is 0 Å². The molecule has 5 heteroatoms. The van der Waals surface area contributed by atoms with Gasteiger partial charge in [-0.2, -0.15) is 0 Å². The summed E-state index contributed by atoms with van der Waals surface area (Å²) in [6, 6.07) is 3.92. The van der Waals surface area contributed by atoms with Crippen LogP contribution in [-0.4, -0.2) is 15.0 Å². The smallest absolute Gasteiger partial charge is 0.0833 e. The van der Waals surface area contributed by atoms with Crippen molar-refractivity contribution in [2.24, 2.45) is 5.73 Å². The van der Waals surface area contributed by atoms with Crippen molar-refractivity contribution in [3.05, 3.63) is 34.3 Å². The molecule has 0 radical (unpaired) electrons. The summed E-state index contributed by atoms with van der Waals surface area (Å²) < 4.78 is 1.82. The maximum absolute atomic E-state index is 6.09. The lowest BCUT2D eigenvalue weighted by Crippen LogP contribution is -2.15. The molecule has 74 valence electrons. The molecular formula is C9H12N4S. The van der Waals surface area contributed by atoms with E-state index in [0.717, 1.165) is 17.1 Å². The predicted molar refractivity (Wildman–Crippen MR) is 56.0 cm³/mol. The van der Waals surface area contributed by atoms with Crippen LogP contribution in [0, 0.1) is 0 Å². The van der Waals surface area contributed by atoms with Crippen LogP contribution in [0.15, 0.2) is 23.7 Å². The largest absolute Gasteiger partial charge is 0.318 e. The summed E-state index contributed by atoms with van der Waals surface area (Å²) >= 11 is 1.65. The summed E-state index contributed by atoms with van der Waals surface area (Å²) in [6.07, 6.45) is 1.73. The highest BCUT2D eigenvalue weighted by atomic mass is 32.1. The third-order valence-electron chi connectivity index (χ3n) is 2.12. The van der Waals surface area contributed by atoms with E-state index in [9.17, 15) is 0 Å². The maximum Gasteiger partial charge on any atom is 0.0833 e. The molecule has 2 aromatic heterocycles. The Morgan fingerprint density at radius 3 is 3.14 bits per heavy atom. The van der Waals surface area contributed by atoms with Gasteiger partial charge >= 0.3 is 0 Å². The lowest BCUT2D eigenvalue weighted by molar-refractivity contribution is 0.583. The van der Waals surface area contributed by atoms with E-state index in [1.807, 2.05) is 29.1 Å². The van der Waals surface area contributed by atoms with E-state index >= 15 is 0 Å². The fourth-order valence-corrected chi connectivity index (χ4v) is 2.11. The van der Waals surface area contributed by atoms with Crippen LogP contribution < -0.4 is 5.73 Å². The molecular weight excluding hydrogens is 196 g/mol. The molecule has 0 spiro atoms. The zero-order chi connectivity index (χ0) is 9.97. The number of nitrogens with two attached hydrogens (primary N) is 1.